The zero-order valence-corrected chi connectivity index (χ0v) is 16.4. The van der Waals surface area contributed by atoms with Crippen molar-refractivity contribution in [1.29, 1.82) is 0 Å². The van der Waals surface area contributed by atoms with E-state index in [0.29, 0.717) is 11.1 Å². The molecule has 2 amide bonds. The number of carbonyl (C=O) groups is 2. The van der Waals surface area contributed by atoms with Crippen LogP contribution in [0.1, 0.15) is 67.8 Å². The van der Waals surface area contributed by atoms with Crippen LogP contribution in [0, 0.1) is 0 Å². The number of nitrogens with one attached hydrogen (secondary N) is 2. The molecule has 0 aliphatic carbocycles. The van der Waals surface area contributed by atoms with Crippen LogP contribution in [-0.2, 0) is 5.41 Å². The van der Waals surface area contributed by atoms with Crippen molar-refractivity contribution in [1.82, 2.24) is 5.32 Å². The van der Waals surface area contributed by atoms with Crippen molar-refractivity contribution >= 4 is 17.5 Å². The second-order valence-electron chi connectivity index (χ2n) is 8.53. The molecule has 0 aliphatic rings. The standard InChI is InChI=1S/C22H28N2O2/c1-21(2,3)17-9-7-8-10-18(17)23-19(25)15-11-13-16(14-12-15)20(26)24-22(4,5)6/h7-14H,1-6H3,(H,23,25)(H,24,26). The molecule has 0 heterocycles. The maximum atomic E-state index is 12.6. The van der Waals surface area contributed by atoms with Gasteiger partial charge in [0, 0.05) is 22.4 Å². The summed E-state index contributed by atoms with van der Waals surface area (Å²) in [5, 5.41) is 5.89. The molecule has 26 heavy (non-hydrogen) atoms. The van der Waals surface area contributed by atoms with Gasteiger partial charge in [0.1, 0.15) is 0 Å². The predicted octanol–water partition coefficient (Wildman–Crippen LogP) is 4.76. The number of para-hydroxylation sites is 1. The van der Waals surface area contributed by atoms with Crippen LogP contribution in [0.2, 0.25) is 0 Å². The Bertz CT molecular complexity index is 794. The first-order valence-corrected chi connectivity index (χ1v) is 8.81. The van der Waals surface area contributed by atoms with Gasteiger partial charge in [0.15, 0.2) is 0 Å². The number of amides is 2. The minimum absolute atomic E-state index is 0.0707. The SMILES string of the molecule is CC(C)(C)NC(=O)c1ccc(C(=O)Nc2ccccc2C(C)(C)C)cc1. The lowest BCUT2D eigenvalue weighted by Crippen LogP contribution is -2.40. The van der Waals surface area contributed by atoms with E-state index in [9.17, 15) is 9.59 Å². The summed E-state index contributed by atoms with van der Waals surface area (Å²) in [5.74, 6) is -0.341. The monoisotopic (exact) mass is 352 g/mol. The van der Waals surface area contributed by atoms with E-state index in [1.165, 1.54) is 0 Å². The van der Waals surface area contributed by atoms with E-state index in [0.717, 1.165) is 11.3 Å². The number of benzene rings is 2. The van der Waals surface area contributed by atoms with Gasteiger partial charge in [-0.2, -0.15) is 0 Å². The summed E-state index contributed by atoms with van der Waals surface area (Å²) in [6.45, 7) is 12.1. The molecule has 0 spiro atoms. The van der Waals surface area contributed by atoms with Gasteiger partial charge in [0.05, 0.1) is 0 Å². The van der Waals surface area contributed by atoms with Gasteiger partial charge >= 0.3 is 0 Å². The molecular formula is C22H28N2O2. The second-order valence-corrected chi connectivity index (χ2v) is 8.53. The highest BCUT2D eigenvalue weighted by Gasteiger charge is 2.19. The topological polar surface area (TPSA) is 58.2 Å². The average Bonchev–Trinajstić information content (AvgIpc) is 2.53. The van der Waals surface area contributed by atoms with E-state index in [1.807, 2.05) is 45.0 Å². The zero-order valence-electron chi connectivity index (χ0n) is 16.4. The maximum absolute atomic E-state index is 12.6. The van der Waals surface area contributed by atoms with E-state index in [-0.39, 0.29) is 22.8 Å². The highest BCUT2D eigenvalue weighted by molar-refractivity contribution is 6.05. The van der Waals surface area contributed by atoms with Crippen LogP contribution in [-0.4, -0.2) is 17.4 Å². The normalized spacial score (nSPS) is 11.8. The lowest BCUT2D eigenvalue weighted by atomic mass is 9.86. The third kappa shape index (κ3) is 5.19. The minimum atomic E-state index is -0.302. The van der Waals surface area contributed by atoms with Crippen LogP contribution < -0.4 is 10.6 Å². The van der Waals surface area contributed by atoms with Crippen LogP contribution >= 0.6 is 0 Å². The molecule has 138 valence electrons. The summed E-state index contributed by atoms with van der Waals surface area (Å²) in [6.07, 6.45) is 0. The third-order valence-electron chi connectivity index (χ3n) is 3.88. The molecule has 0 aliphatic heterocycles. The van der Waals surface area contributed by atoms with Crippen LogP contribution in [0.5, 0.6) is 0 Å². The van der Waals surface area contributed by atoms with Gasteiger partial charge in [-0.05, 0) is 62.1 Å². The van der Waals surface area contributed by atoms with Crippen LogP contribution in [0.15, 0.2) is 48.5 Å². The van der Waals surface area contributed by atoms with Crippen molar-refractivity contribution in [2.45, 2.75) is 52.5 Å². The Morgan fingerprint density at radius 2 is 1.23 bits per heavy atom. The lowest BCUT2D eigenvalue weighted by molar-refractivity contribution is 0.0918. The lowest BCUT2D eigenvalue weighted by Gasteiger charge is -2.23. The van der Waals surface area contributed by atoms with Crippen molar-refractivity contribution in [2.24, 2.45) is 0 Å². The molecule has 0 radical (unpaired) electrons. The van der Waals surface area contributed by atoms with Gasteiger partial charge < -0.3 is 10.6 Å². The van der Waals surface area contributed by atoms with Crippen molar-refractivity contribution in [3.8, 4) is 0 Å². The molecule has 0 aromatic heterocycles. The number of hydrogen-bond acceptors (Lipinski definition) is 2. The Hall–Kier alpha value is -2.62. The summed E-state index contributed by atoms with van der Waals surface area (Å²) in [7, 11) is 0. The summed E-state index contributed by atoms with van der Waals surface area (Å²) >= 11 is 0. The smallest absolute Gasteiger partial charge is 0.255 e. The van der Waals surface area contributed by atoms with Crippen molar-refractivity contribution in [2.75, 3.05) is 5.32 Å². The van der Waals surface area contributed by atoms with Gasteiger partial charge in [-0.1, -0.05) is 39.0 Å². The molecule has 4 nitrogen and oxygen atoms in total. The highest BCUT2D eigenvalue weighted by Crippen LogP contribution is 2.29. The van der Waals surface area contributed by atoms with Gasteiger partial charge in [-0.3, -0.25) is 9.59 Å². The van der Waals surface area contributed by atoms with Crippen molar-refractivity contribution in [3.05, 3.63) is 65.2 Å². The molecular weight excluding hydrogens is 324 g/mol. The summed E-state index contributed by atoms with van der Waals surface area (Å²) in [5.41, 5.74) is 2.56. The molecule has 0 saturated carbocycles. The number of anilines is 1. The van der Waals surface area contributed by atoms with E-state index in [2.05, 4.69) is 31.4 Å². The van der Waals surface area contributed by atoms with Gasteiger partial charge in [-0.15, -0.1) is 0 Å². The Balaban J connectivity index is 2.16. The fraction of sp³-hybridized carbons (Fsp3) is 0.364. The molecule has 2 rings (SSSR count). The van der Waals surface area contributed by atoms with E-state index < -0.39 is 0 Å². The predicted molar refractivity (Wildman–Crippen MR) is 107 cm³/mol. The summed E-state index contributed by atoms with van der Waals surface area (Å²) in [6, 6.07) is 14.5. The summed E-state index contributed by atoms with van der Waals surface area (Å²) in [4.78, 5) is 24.8. The number of rotatable bonds is 3. The maximum Gasteiger partial charge on any atom is 0.255 e. The fourth-order valence-electron chi connectivity index (χ4n) is 2.63. The highest BCUT2D eigenvalue weighted by atomic mass is 16.2. The molecule has 0 bridgehead atoms. The first kappa shape index (κ1) is 19.7. The Morgan fingerprint density at radius 3 is 1.73 bits per heavy atom. The zero-order chi connectivity index (χ0) is 19.5. The van der Waals surface area contributed by atoms with E-state index >= 15 is 0 Å². The van der Waals surface area contributed by atoms with Gasteiger partial charge in [0.2, 0.25) is 0 Å². The Labute approximate surface area is 156 Å². The summed E-state index contributed by atoms with van der Waals surface area (Å²) < 4.78 is 0. The third-order valence-corrected chi connectivity index (χ3v) is 3.88. The second kappa shape index (κ2) is 7.32. The van der Waals surface area contributed by atoms with Crippen molar-refractivity contribution in [3.63, 3.8) is 0 Å². The van der Waals surface area contributed by atoms with Crippen LogP contribution in [0.25, 0.3) is 0 Å². The Kier molecular flexibility index (Phi) is 5.55. The largest absolute Gasteiger partial charge is 0.347 e. The number of carbonyl (C=O) groups excluding carboxylic acids is 2. The Morgan fingerprint density at radius 1 is 0.731 bits per heavy atom. The van der Waals surface area contributed by atoms with Gasteiger partial charge in [-0.25, -0.2) is 0 Å². The molecule has 0 saturated heterocycles. The van der Waals surface area contributed by atoms with E-state index in [4.69, 9.17) is 0 Å². The molecule has 0 atom stereocenters. The molecule has 2 aromatic carbocycles. The van der Waals surface area contributed by atoms with Crippen LogP contribution in [0.3, 0.4) is 0 Å². The molecule has 0 fully saturated rings. The minimum Gasteiger partial charge on any atom is -0.347 e. The quantitative estimate of drug-likeness (QED) is 0.836. The van der Waals surface area contributed by atoms with Crippen LogP contribution in [0.4, 0.5) is 5.69 Å². The number of hydrogen-bond donors (Lipinski definition) is 2. The molecule has 0 unspecified atom stereocenters. The first-order chi connectivity index (χ1) is 12.0. The molecule has 2 aromatic rings. The average molecular weight is 352 g/mol. The molecule has 2 N–H and O–H groups in total. The molecule has 4 heteroatoms. The van der Waals surface area contributed by atoms with Gasteiger partial charge in [0.25, 0.3) is 11.8 Å². The van der Waals surface area contributed by atoms with E-state index in [1.54, 1.807) is 24.3 Å². The first-order valence-electron chi connectivity index (χ1n) is 8.81. The fourth-order valence-corrected chi connectivity index (χ4v) is 2.63. The van der Waals surface area contributed by atoms with Crippen molar-refractivity contribution < 1.29 is 9.59 Å².